The van der Waals surface area contributed by atoms with Crippen molar-refractivity contribution in [1.29, 1.82) is 0 Å². The van der Waals surface area contributed by atoms with Gasteiger partial charge in [-0.3, -0.25) is 4.79 Å². The number of rotatable bonds is 6. The summed E-state index contributed by atoms with van der Waals surface area (Å²) in [4.78, 5) is 27.9. The van der Waals surface area contributed by atoms with Gasteiger partial charge >= 0.3 is 5.63 Å². The van der Waals surface area contributed by atoms with Gasteiger partial charge < -0.3 is 23.5 Å². The maximum atomic E-state index is 13.9. The minimum atomic E-state index is -0.494. The fourth-order valence-corrected chi connectivity index (χ4v) is 5.10. The summed E-state index contributed by atoms with van der Waals surface area (Å²) in [5, 5.41) is 0.691. The number of carbonyl (C=O) groups excluding carboxylic acids is 1. The zero-order chi connectivity index (χ0) is 27.7. The second-order valence-electron chi connectivity index (χ2n) is 10.7. The van der Waals surface area contributed by atoms with Crippen LogP contribution in [0.2, 0.25) is 0 Å². The molecule has 0 fully saturated rings. The summed E-state index contributed by atoms with van der Waals surface area (Å²) in [5.74, 6) is 1.55. The van der Waals surface area contributed by atoms with Gasteiger partial charge in [0.15, 0.2) is 11.5 Å². The number of nitrogens with zero attached hydrogens (tertiary/aromatic N) is 1. The molecular weight excluding hydrogens is 494 g/mol. The van der Waals surface area contributed by atoms with Gasteiger partial charge in [0.1, 0.15) is 17.9 Å². The van der Waals surface area contributed by atoms with Crippen LogP contribution >= 0.6 is 0 Å². The molecular formula is C32H33NO6. The van der Waals surface area contributed by atoms with Crippen molar-refractivity contribution in [3.05, 3.63) is 99.4 Å². The molecule has 0 radical (unpaired) electrons. The lowest BCUT2D eigenvalue weighted by molar-refractivity contribution is 0.0590. The molecule has 39 heavy (non-hydrogen) atoms. The van der Waals surface area contributed by atoms with E-state index in [9.17, 15) is 9.59 Å². The van der Waals surface area contributed by atoms with Crippen molar-refractivity contribution < 1.29 is 23.4 Å². The molecule has 0 N–H and O–H groups in total. The van der Waals surface area contributed by atoms with Gasteiger partial charge in [0, 0.05) is 12.1 Å². The van der Waals surface area contributed by atoms with Crippen LogP contribution in [-0.4, -0.2) is 38.2 Å². The monoisotopic (exact) mass is 527 g/mol. The van der Waals surface area contributed by atoms with Crippen LogP contribution in [0, 0.1) is 0 Å². The number of amides is 1. The highest BCUT2D eigenvalue weighted by Gasteiger charge is 2.33. The van der Waals surface area contributed by atoms with E-state index < -0.39 is 11.7 Å². The summed E-state index contributed by atoms with van der Waals surface area (Å²) in [5.41, 5.74) is 3.70. The molecule has 3 aromatic carbocycles. The second kappa shape index (κ2) is 10.5. The molecule has 1 amide bonds. The van der Waals surface area contributed by atoms with Crippen LogP contribution in [0.25, 0.3) is 11.0 Å². The first kappa shape index (κ1) is 26.4. The maximum absolute atomic E-state index is 13.9. The number of carbonyl (C=O) groups is 1. The minimum Gasteiger partial charge on any atom is -0.493 e. The van der Waals surface area contributed by atoms with E-state index in [2.05, 4.69) is 20.8 Å². The van der Waals surface area contributed by atoms with Crippen molar-refractivity contribution in [2.45, 2.75) is 38.6 Å². The predicted octanol–water partition coefficient (Wildman–Crippen LogP) is 5.93. The molecule has 1 aliphatic heterocycles. The lowest BCUT2D eigenvalue weighted by Gasteiger charge is -2.37. The molecule has 2 heterocycles. The number of hydrogen-bond acceptors (Lipinski definition) is 6. The Hall–Kier alpha value is -4.26. The Morgan fingerprint density at radius 3 is 2.33 bits per heavy atom. The standard InChI is InChI=1S/C32H33NO6/c1-32(2,3)22-12-10-20(11-13-22)31(35)33-15-14-21-16-28(36-4)29(37-5)17-24(21)25(33)19-38-27-18-30(34)39-26-9-7-6-8-23(26)27/h6-13,16-18,25H,14-15,19H2,1-5H3. The first-order chi connectivity index (χ1) is 18.7. The van der Waals surface area contributed by atoms with E-state index in [1.807, 2.05) is 53.4 Å². The van der Waals surface area contributed by atoms with E-state index in [1.54, 1.807) is 26.4 Å². The third-order valence-electron chi connectivity index (χ3n) is 7.27. The molecule has 0 aliphatic carbocycles. The second-order valence-corrected chi connectivity index (χ2v) is 10.7. The smallest absolute Gasteiger partial charge is 0.339 e. The number of ether oxygens (including phenoxy) is 3. The Labute approximate surface area is 227 Å². The predicted molar refractivity (Wildman–Crippen MR) is 150 cm³/mol. The molecule has 202 valence electrons. The fraction of sp³-hybridized carbons (Fsp3) is 0.312. The first-order valence-corrected chi connectivity index (χ1v) is 13.0. The van der Waals surface area contributed by atoms with Gasteiger partial charge in [0.25, 0.3) is 5.91 Å². The number of benzene rings is 3. The van der Waals surface area contributed by atoms with Crippen LogP contribution in [0.1, 0.15) is 53.9 Å². The molecule has 5 rings (SSSR count). The van der Waals surface area contributed by atoms with Crippen molar-refractivity contribution in [2.75, 3.05) is 27.4 Å². The summed E-state index contributed by atoms with van der Waals surface area (Å²) >= 11 is 0. The quantitative estimate of drug-likeness (QED) is 0.290. The number of methoxy groups -OCH3 is 2. The Morgan fingerprint density at radius 1 is 0.949 bits per heavy atom. The largest absolute Gasteiger partial charge is 0.493 e. The molecule has 1 unspecified atom stereocenters. The van der Waals surface area contributed by atoms with Gasteiger partial charge in [0.05, 0.1) is 31.7 Å². The van der Waals surface area contributed by atoms with E-state index in [0.29, 0.717) is 46.7 Å². The molecule has 1 aromatic heterocycles. The van der Waals surface area contributed by atoms with Crippen LogP contribution in [-0.2, 0) is 11.8 Å². The molecule has 0 bridgehead atoms. The zero-order valence-corrected chi connectivity index (χ0v) is 22.9. The van der Waals surface area contributed by atoms with Gasteiger partial charge in [-0.15, -0.1) is 0 Å². The summed E-state index contributed by atoms with van der Waals surface area (Å²) in [6.45, 7) is 7.09. The fourth-order valence-electron chi connectivity index (χ4n) is 5.10. The SMILES string of the molecule is COc1cc2c(cc1OC)C(COc1cc(=O)oc3ccccc13)N(C(=O)c1ccc(C(C)(C)C)cc1)CC2. The Bertz CT molecular complexity index is 1560. The summed E-state index contributed by atoms with van der Waals surface area (Å²) in [7, 11) is 3.20. The molecule has 1 aliphatic rings. The van der Waals surface area contributed by atoms with Crippen molar-refractivity contribution in [1.82, 2.24) is 4.90 Å². The van der Waals surface area contributed by atoms with Gasteiger partial charge in [-0.1, -0.05) is 45.0 Å². The molecule has 0 saturated carbocycles. The van der Waals surface area contributed by atoms with Crippen LogP contribution in [0.4, 0.5) is 0 Å². The van der Waals surface area contributed by atoms with Crippen molar-refractivity contribution in [3.63, 3.8) is 0 Å². The molecule has 0 spiro atoms. The van der Waals surface area contributed by atoms with Gasteiger partial charge in [0.2, 0.25) is 0 Å². The highest BCUT2D eigenvalue weighted by atomic mass is 16.5. The molecule has 7 nitrogen and oxygen atoms in total. The van der Waals surface area contributed by atoms with Crippen molar-refractivity contribution >= 4 is 16.9 Å². The van der Waals surface area contributed by atoms with Crippen molar-refractivity contribution in [2.24, 2.45) is 0 Å². The van der Waals surface area contributed by atoms with Crippen LogP contribution in [0.3, 0.4) is 0 Å². The average molecular weight is 528 g/mol. The van der Waals surface area contributed by atoms with E-state index in [0.717, 1.165) is 16.7 Å². The summed E-state index contributed by atoms with van der Waals surface area (Å²) < 4.78 is 22.7. The van der Waals surface area contributed by atoms with E-state index in [1.165, 1.54) is 6.07 Å². The third-order valence-corrected chi connectivity index (χ3v) is 7.27. The average Bonchev–Trinajstić information content (AvgIpc) is 2.94. The normalized spacial score (nSPS) is 15.1. The molecule has 7 heteroatoms. The van der Waals surface area contributed by atoms with E-state index >= 15 is 0 Å². The number of para-hydroxylation sites is 1. The first-order valence-electron chi connectivity index (χ1n) is 13.0. The van der Waals surface area contributed by atoms with Crippen molar-refractivity contribution in [3.8, 4) is 17.2 Å². The molecule has 1 atom stereocenters. The zero-order valence-electron chi connectivity index (χ0n) is 22.9. The summed E-state index contributed by atoms with van der Waals surface area (Å²) in [6.07, 6.45) is 0.663. The van der Waals surface area contributed by atoms with Crippen LogP contribution < -0.4 is 19.8 Å². The van der Waals surface area contributed by atoms with E-state index in [-0.39, 0.29) is 17.9 Å². The summed E-state index contributed by atoms with van der Waals surface area (Å²) in [6, 6.07) is 19.9. The highest BCUT2D eigenvalue weighted by molar-refractivity contribution is 5.95. The van der Waals surface area contributed by atoms with E-state index in [4.69, 9.17) is 18.6 Å². The number of hydrogen-bond donors (Lipinski definition) is 0. The van der Waals surface area contributed by atoms with Gasteiger partial charge in [-0.05, 0) is 64.9 Å². The Balaban J connectivity index is 1.53. The highest BCUT2D eigenvalue weighted by Crippen LogP contribution is 2.39. The topological polar surface area (TPSA) is 78.2 Å². The lowest BCUT2D eigenvalue weighted by atomic mass is 9.86. The lowest BCUT2D eigenvalue weighted by Crippen LogP contribution is -2.42. The maximum Gasteiger partial charge on any atom is 0.339 e. The Morgan fingerprint density at radius 2 is 1.64 bits per heavy atom. The minimum absolute atomic E-state index is 0.0111. The van der Waals surface area contributed by atoms with Crippen LogP contribution in [0.15, 0.2) is 75.9 Å². The van der Waals surface area contributed by atoms with Gasteiger partial charge in [-0.2, -0.15) is 0 Å². The van der Waals surface area contributed by atoms with Gasteiger partial charge in [-0.25, -0.2) is 4.79 Å². The third kappa shape index (κ3) is 5.21. The number of fused-ring (bicyclic) bond motifs is 2. The van der Waals surface area contributed by atoms with Crippen LogP contribution in [0.5, 0.6) is 17.2 Å². The molecule has 4 aromatic rings. The molecule has 0 saturated heterocycles. The Kier molecular flexibility index (Phi) is 7.08.